The minimum absolute atomic E-state index is 0.174. The molecule has 0 aliphatic heterocycles. The number of aromatic amines is 1. The number of aromatic nitrogens is 1. The summed E-state index contributed by atoms with van der Waals surface area (Å²) in [4.78, 5) is 15.1. The molecule has 1 aromatic carbocycles. The number of fused-ring (bicyclic) bond motifs is 1. The number of rotatable bonds is 5. The van der Waals surface area contributed by atoms with Crippen LogP contribution in [0.2, 0.25) is 0 Å². The summed E-state index contributed by atoms with van der Waals surface area (Å²) in [5.41, 5.74) is 2.64. The quantitative estimate of drug-likeness (QED) is 0.697. The third-order valence-corrected chi connectivity index (χ3v) is 3.90. The van der Waals surface area contributed by atoms with Crippen LogP contribution in [-0.4, -0.2) is 17.4 Å². The molecule has 2 heterocycles. The predicted molar refractivity (Wildman–Crippen MR) is 92.1 cm³/mol. The van der Waals surface area contributed by atoms with Gasteiger partial charge in [0.2, 0.25) is 5.91 Å². The molecule has 2 aromatic heterocycles. The molecule has 4 nitrogen and oxygen atoms in total. The van der Waals surface area contributed by atoms with Gasteiger partial charge in [0.1, 0.15) is 17.3 Å². The van der Waals surface area contributed by atoms with Gasteiger partial charge in [0.25, 0.3) is 0 Å². The van der Waals surface area contributed by atoms with Crippen molar-refractivity contribution in [2.24, 2.45) is 0 Å². The zero-order valence-corrected chi connectivity index (χ0v) is 13.7. The maximum absolute atomic E-state index is 13.4. The van der Waals surface area contributed by atoms with E-state index in [0.29, 0.717) is 18.7 Å². The van der Waals surface area contributed by atoms with Crippen molar-refractivity contribution in [3.8, 4) is 0 Å². The van der Waals surface area contributed by atoms with E-state index in [1.54, 1.807) is 6.07 Å². The number of benzene rings is 1. The molecule has 0 radical (unpaired) electrons. The second kappa shape index (κ2) is 6.74. The lowest BCUT2D eigenvalue weighted by Crippen LogP contribution is -2.23. The first-order valence-electron chi connectivity index (χ1n) is 7.81. The van der Waals surface area contributed by atoms with Gasteiger partial charge in [-0.05, 0) is 61.7 Å². The molecule has 2 N–H and O–H groups in total. The van der Waals surface area contributed by atoms with Gasteiger partial charge in [-0.25, -0.2) is 4.39 Å². The highest BCUT2D eigenvalue weighted by Gasteiger charge is 2.07. The Morgan fingerprint density at radius 2 is 2.17 bits per heavy atom. The molecule has 0 aliphatic carbocycles. The molecule has 5 heteroatoms. The van der Waals surface area contributed by atoms with E-state index < -0.39 is 0 Å². The maximum atomic E-state index is 13.4. The maximum Gasteiger partial charge on any atom is 0.244 e. The molecule has 0 aliphatic rings. The molecule has 0 bridgehead atoms. The minimum Gasteiger partial charge on any atom is -0.462 e. The lowest BCUT2D eigenvalue weighted by atomic mass is 10.1. The van der Waals surface area contributed by atoms with Crippen LogP contribution >= 0.6 is 0 Å². The second-order valence-electron chi connectivity index (χ2n) is 5.78. The summed E-state index contributed by atoms with van der Waals surface area (Å²) >= 11 is 0. The van der Waals surface area contributed by atoms with Crippen LogP contribution in [0.15, 0.2) is 47.0 Å². The SMILES string of the molecule is CC(=CC(=O)NCCc1c[nH]c2ccc(F)cc12)c1ccc(C)o1. The molecule has 1 amide bonds. The number of aryl methyl sites for hydroxylation is 1. The molecular weight excluding hydrogens is 307 g/mol. The first-order chi connectivity index (χ1) is 11.5. The predicted octanol–water partition coefficient (Wildman–Crippen LogP) is 3.97. The molecule has 0 fully saturated rings. The fourth-order valence-corrected chi connectivity index (χ4v) is 2.64. The normalized spacial score (nSPS) is 11.9. The Bertz CT molecular complexity index is 905. The summed E-state index contributed by atoms with van der Waals surface area (Å²) in [6, 6.07) is 8.35. The highest BCUT2D eigenvalue weighted by atomic mass is 19.1. The third kappa shape index (κ3) is 3.56. The molecule has 0 unspecified atom stereocenters. The van der Waals surface area contributed by atoms with Crippen LogP contribution in [0.5, 0.6) is 0 Å². The molecule has 3 rings (SSSR count). The highest BCUT2D eigenvalue weighted by molar-refractivity contribution is 5.94. The summed E-state index contributed by atoms with van der Waals surface area (Å²) in [6.45, 7) is 4.17. The van der Waals surface area contributed by atoms with Gasteiger partial charge < -0.3 is 14.7 Å². The topological polar surface area (TPSA) is 58.0 Å². The Morgan fingerprint density at radius 1 is 1.33 bits per heavy atom. The number of carbonyl (C=O) groups excluding carboxylic acids is 1. The third-order valence-electron chi connectivity index (χ3n) is 3.90. The molecule has 0 atom stereocenters. The van der Waals surface area contributed by atoms with Crippen LogP contribution in [0.1, 0.15) is 24.0 Å². The van der Waals surface area contributed by atoms with Gasteiger partial charge in [0.05, 0.1) is 0 Å². The molecule has 3 aromatic rings. The average molecular weight is 326 g/mol. The summed E-state index contributed by atoms with van der Waals surface area (Å²) in [5.74, 6) is 1.06. The lowest BCUT2D eigenvalue weighted by Gasteiger charge is -2.03. The Hall–Kier alpha value is -2.82. The van der Waals surface area contributed by atoms with E-state index in [9.17, 15) is 9.18 Å². The van der Waals surface area contributed by atoms with Crippen LogP contribution in [-0.2, 0) is 11.2 Å². The number of hydrogen-bond acceptors (Lipinski definition) is 2. The molecular formula is C19H19FN2O2. The van der Waals surface area contributed by atoms with Crippen LogP contribution in [0, 0.1) is 12.7 Å². The van der Waals surface area contributed by atoms with E-state index in [4.69, 9.17) is 4.42 Å². The number of amides is 1. The highest BCUT2D eigenvalue weighted by Crippen LogP contribution is 2.19. The lowest BCUT2D eigenvalue weighted by molar-refractivity contribution is -0.116. The van der Waals surface area contributed by atoms with Crippen molar-refractivity contribution >= 4 is 22.4 Å². The van der Waals surface area contributed by atoms with E-state index in [2.05, 4.69) is 10.3 Å². The second-order valence-corrected chi connectivity index (χ2v) is 5.78. The zero-order valence-electron chi connectivity index (χ0n) is 13.7. The number of nitrogens with one attached hydrogen (secondary N) is 2. The van der Waals surface area contributed by atoms with E-state index in [1.165, 1.54) is 18.2 Å². The first-order valence-corrected chi connectivity index (χ1v) is 7.81. The van der Waals surface area contributed by atoms with Crippen molar-refractivity contribution in [2.45, 2.75) is 20.3 Å². The van der Waals surface area contributed by atoms with Gasteiger partial charge in [-0.1, -0.05) is 0 Å². The van der Waals surface area contributed by atoms with Crippen molar-refractivity contribution in [1.29, 1.82) is 0 Å². The summed E-state index contributed by atoms with van der Waals surface area (Å²) < 4.78 is 18.8. The van der Waals surface area contributed by atoms with Gasteiger partial charge in [-0.2, -0.15) is 0 Å². The number of carbonyl (C=O) groups is 1. The number of halogens is 1. The summed E-state index contributed by atoms with van der Waals surface area (Å²) in [6.07, 6.45) is 4.00. The molecule has 0 spiro atoms. The van der Waals surface area contributed by atoms with E-state index in [0.717, 1.165) is 27.8 Å². The first kappa shape index (κ1) is 16.1. The van der Waals surface area contributed by atoms with Crippen molar-refractivity contribution in [3.05, 3.63) is 65.5 Å². The molecule has 124 valence electrons. The summed E-state index contributed by atoms with van der Waals surface area (Å²) in [5, 5.41) is 3.69. The number of furan rings is 1. The zero-order chi connectivity index (χ0) is 17.1. The Labute approximate surface area is 139 Å². The number of H-pyrrole nitrogens is 1. The van der Waals surface area contributed by atoms with Crippen molar-refractivity contribution in [2.75, 3.05) is 6.54 Å². The Kier molecular flexibility index (Phi) is 4.51. The van der Waals surface area contributed by atoms with Gasteiger partial charge in [0, 0.05) is 29.7 Å². The molecule has 0 saturated carbocycles. The van der Waals surface area contributed by atoms with Crippen molar-refractivity contribution in [3.63, 3.8) is 0 Å². The van der Waals surface area contributed by atoms with Crippen LogP contribution in [0.3, 0.4) is 0 Å². The van der Waals surface area contributed by atoms with E-state index in [-0.39, 0.29) is 11.7 Å². The Balaban J connectivity index is 1.59. The number of allylic oxidation sites excluding steroid dienone is 1. The fraction of sp³-hybridized carbons (Fsp3) is 0.211. The Morgan fingerprint density at radius 3 is 2.92 bits per heavy atom. The monoisotopic (exact) mass is 326 g/mol. The van der Waals surface area contributed by atoms with Crippen molar-refractivity contribution in [1.82, 2.24) is 10.3 Å². The van der Waals surface area contributed by atoms with Crippen LogP contribution in [0.4, 0.5) is 4.39 Å². The van der Waals surface area contributed by atoms with E-state index in [1.807, 2.05) is 32.2 Å². The fourth-order valence-electron chi connectivity index (χ4n) is 2.64. The van der Waals surface area contributed by atoms with Gasteiger partial charge in [-0.3, -0.25) is 4.79 Å². The largest absolute Gasteiger partial charge is 0.462 e. The molecule has 24 heavy (non-hydrogen) atoms. The average Bonchev–Trinajstić information content (AvgIpc) is 3.14. The van der Waals surface area contributed by atoms with Gasteiger partial charge >= 0.3 is 0 Å². The number of hydrogen-bond donors (Lipinski definition) is 2. The van der Waals surface area contributed by atoms with Crippen LogP contribution in [0.25, 0.3) is 16.5 Å². The standard InChI is InChI=1S/C19H19FN2O2/c1-12(18-6-3-13(2)24-18)9-19(23)21-8-7-14-11-22-17-5-4-15(20)10-16(14)17/h3-6,9-11,22H,7-8H2,1-2H3,(H,21,23). The smallest absolute Gasteiger partial charge is 0.244 e. The van der Waals surface area contributed by atoms with Gasteiger partial charge in [0.15, 0.2) is 0 Å². The van der Waals surface area contributed by atoms with Gasteiger partial charge in [-0.15, -0.1) is 0 Å². The van der Waals surface area contributed by atoms with E-state index >= 15 is 0 Å². The molecule has 0 saturated heterocycles. The summed E-state index contributed by atoms with van der Waals surface area (Å²) in [7, 11) is 0. The van der Waals surface area contributed by atoms with Crippen LogP contribution < -0.4 is 5.32 Å². The minimum atomic E-state index is -0.264. The van der Waals surface area contributed by atoms with Crippen molar-refractivity contribution < 1.29 is 13.6 Å².